The minimum Gasteiger partial charge on any atom is -0.329 e. The molecular formula is C11H11FN2. The van der Waals surface area contributed by atoms with Gasteiger partial charge in [-0.3, -0.25) is 0 Å². The first kappa shape index (κ1) is 8.00. The van der Waals surface area contributed by atoms with Crippen LogP contribution in [0, 0.1) is 5.82 Å². The van der Waals surface area contributed by atoms with Crippen molar-refractivity contribution in [3.8, 4) is 0 Å². The van der Waals surface area contributed by atoms with Gasteiger partial charge in [0.2, 0.25) is 0 Å². The fraction of sp³-hybridized carbons (Fsp3) is 0.273. The first-order chi connectivity index (χ1) is 6.75. The van der Waals surface area contributed by atoms with Crippen LogP contribution in [0.1, 0.15) is 18.3 Å². The van der Waals surface area contributed by atoms with Crippen molar-refractivity contribution in [1.29, 1.82) is 0 Å². The van der Waals surface area contributed by atoms with E-state index in [0.29, 0.717) is 0 Å². The Bertz CT molecular complexity index is 501. The van der Waals surface area contributed by atoms with E-state index in [4.69, 9.17) is 5.73 Å². The highest BCUT2D eigenvalue weighted by Crippen LogP contribution is 2.30. The first-order valence-electron chi connectivity index (χ1n) is 4.80. The number of benzene rings is 1. The molecule has 0 saturated heterocycles. The molecule has 1 aromatic carbocycles. The molecule has 1 atom stereocenters. The fourth-order valence-electron chi connectivity index (χ4n) is 2.27. The molecule has 0 radical (unpaired) electrons. The van der Waals surface area contributed by atoms with Crippen LogP contribution in [-0.2, 0) is 6.42 Å². The second-order valence-corrected chi connectivity index (χ2v) is 3.81. The number of fused-ring (bicyclic) bond motifs is 3. The lowest BCUT2D eigenvalue weighted by Crippen LogP contribution is -2.13. The van der Waals surface area contributed by atoms with Crippen molar-refractivity contribution in [2.24, 2.45) is 5.73 Å². The molecule has 0 spiro atoms. The third-order valence-corrected chi connectivity index (χ3v) is 2.91. The summed E-state index contributed by atoms with van der Waals surface area (Å²) < 4.78 is 15.1. The molecule has 3 heteroatoms. The predicted molar refractivity (Wildman–Crippen MR) is 53.4 cm³/mol. The van der Waals surface area contributed by atoms with E-state index >= 15 is 0 Å². The number of rotatable bonds is 0. The molecule has 0 saturated carbocycles. The molecule has 3 rings (SSSR count). The van der Waals surface area contributed by atoms with Gasteiger partial charge in [-0.1, -0.05) is 0 Å². The molecule has 1 aromatic heterocycles. The summed E-state index contributed by atoms with van der Waals surface area (Å²) in [6.45, 7) is 0. The second-order valence-electron chi connectivity index (χ2n) is 3.81. The zero-order valence-electron chi connectivity index (χ0n) is 7.70. The minimum atomic E-state index is -0.185. The maximum absolute atomic E-state index is 13.0. The normalized spacial score (nSPS) is 20.3. The molecule has 2 nitrogen and oxygen atoms in total. The van der Waals surface area contributed by atoms with Crippen molar-refractivity contribution >= 4 is 10.9 Å². The largest absolute Gasteiger partial charge is 0.329 e. The Hall–Kier alpha value is -1.35. The molecule has 14 heavy (non-hydrogen) atoms. The Labute approximate surface area is 81.1 Å². The van der Waals surface area contributed by atoms with Gasteiger partial charge in [0.05, 0.1) is 6.17 Å². The molecule has 1 unspecified atom stereocenters. The second kappa shape index (κ2) is 2.58. The Morgan fingerprint density at radius 3 is 3.07 bits per heavy atom. The van der Waals surface area contributed by atoms with Gasteiger partial charge in [-0.2, -0.15) is 0 Å². The number of halogens is 1. The van der Waals surface area contributed by atoms with Crippen molar-refractivity contribution in [3.63, 3.8) is 0 Å². The van der Waals surface area contributed by atoms with Crippen LogP contribution in [0.3, 0.4) is 0 Å². The molecule has 2 N–H and O–H groups in total. The van der Waals surface area contributed by atoms with Gasteiger partial charge in [0.15, 0.2) is 0 Å². The Kier molecular flexibility index (Phi) is 1.47. The summed E-state index contributed by atoms with van der Waals surface area (Å²) in [7, 11) is 0. The van der Waals surface area contributed by atoms with Crippen LogP contribution in [0.2, 0.25) is 0 Å². The summed E-state index contributed by atoms with van der Waals surface area (Å²) >= 11 is 0. The van der Waals surface area contributed by atoms with Crippen LogP contribution in [0.15, 0.2) is 24.3 Å². The van der Waals surface area contributed by atoms with E-state index in [1.165, 1.54) is 11.8 Å². The summed E-state index contributed by atoms with van der Waals surface area (Å²) in [6.07, 6.45) is 2.05. The monoisotopic (exact) mass is 190 g/mol. The topological polar surface area (TPSA) is 30.9 Å². The predicted octanol–water partition coefficient (Wildman–Crippen LogP) is 2.18. The lowest BCUT2D eigenvalue weighted by Gasteiger charge is -2.08. The number of nitrogens with zero attached hydrogens (tertiary/aromatic N) is 1. The van der Waals surface area contributed by atoms with Gasteiger partial charge in [0.1, 0.15) is 5.82 Å². The summed E-state index contributed by atoms with van der Waals surface area (Å²) in [4.78, 5) is 0. The maximum atomic E-state index is 13.0. The van der Waals surface area contributed by atoms with Gasteiger partial charge in [-0.15, -0.1) is 0 Å². The lowest BCUT2D eigenvalue weighted by atomic mass is 10.2. The van der Waals surface area contributed by atoms with E-state index in [2.05, 4.69) is 4.57 Å². The summed E-state index contributed by atoms with van der Waals surface area (Å²) in [5.41, 5.74) is 8.23. The number of nitrogens with two attached hydrogens (primary N) is 1. The summed E-state index contributed by atoms with van der Waals surface area (Å²) in [6, 6.07) is 6.89. The van der Waals surface area contributed by atoms with Crippen LogP contribution in [0.25, 0.3) is 10.9 Å². The molecule has 1 aliphatic heterocycles. The Morgan fingerprint density at radius 1 is 1.36 bits per heavy atom. The molecule has 0 aliphatic carbocycles. The number of hydrogen-bond donors (Lipinski definition) is 1. The average molecular weight is 190 g/mol. The smallest absolute Gasteiger partial charge is 0.123 e. The standard InChI is InChI=1S/C11H11FN2/c12-8-1-3-10-7(5-8)6-9-2-4-11(13)14(9)10/h1,3,5-6,11H,2,4,13H2. The Morgan fingerprint density at radius 2 is 2.21 bits per heavy atom. The third kappa shape index (κ3) is 0.930. The molecule has 2 aromatic rings. The van der Waals surface area contributed by atoms with Crippen LogP contribution in [0.5, 0.6) is 0 Å². The van der Waals surface area contributed by atoms with E-state index in [9.17, 15) is 4.39 Å². The van der Waals surface area contributed by atoms with Crippen molar-refractivity contribution in [2.45, 2.75) is 19.0 Å². The number of aromatic nitrogens is 1. The molecule has 0 bridgehead atoms. The van der Waals surface area contributed by atoms with Gasteiger partial charge in [-0.05, 0) is 37.1 Å². The summed E-state index contributed by atoms with van der Waals surface area (Å²) in [5, 5.41) is 0.954. The van der Waals surface area contributed by atoms with E-state index in [1.54, 1.807) is 12.1 Å². The molecular weight excluding hydrogens is 179 g/mol. The zero-order chi connectivity index (χ0) is 9.71. The van der Waals surface area contributed by atoms with E-state index in [1.807, 2.05) is 6.07 Å². The van der Waals surface area contributed by atoms with Crippen LogP contribution in [0.4, 0.5) is 4.39 Å². The van der Waals surface area contributed by atoms with Crippen molar-refractivity contribution in [2.75, 3.05) is 0 Å². The maximum Gasteiger partial charge on any atom is 0.123 e. The molecule has 0 fully saturated rings. The molecule has 2 heterocycles. The van der Waals surface area contributed by atoms with Crippen LogP contribution < -0.4 is 5.73 Å². The Balaban J connectivity index is 2.36. The minimum absolute atomic E-state index is 0.0629. The quantitative estimate of drug-likeness (QED) is 0.678. The van der Waals surface area contributed by atoms with Crippen molar-refractivity contribution in [1.82, 2.24) is 4.57 Å². The number of aryl methyl sites for hydroxylation is 1. The third-order valence-electron chi connectivity index (χ3n) is 2.91. The van der Waals surface area contributed by atoms with E-state index in [0.717, 1.165) is 23.7 Å². The highest BCUT2D eigenvalue weighted by Gasteiger charge is 2.20. The highest BCUT2D eigenvalue weighted by molar-refractivity contribution is 5.81. The van der Waals surface area contributed by atoms with Gasteiger partial charge >= 0.3 is 0 Å². The highest BCUT2D eigenvalue weighted by atomic mass is 19.1. The fourth-order valence-corrected chi connectivity index (χ4v) is 2.27. The van der Waals surface area contributed by atoms with E-state index in [-0.39, 0.29) is 12.0 Å². The number of hydrogen-bond acceptors (Lipinski definition) is 1. The van der Waals surface area contributed by atoms with Gasteiger partial charge in [0.25, 0.3) is 0 Å². The average Bonchev–Trinajstić information content (AvgIpc) is 2.66. The molecule has 1 aliphatic rings. The van der Waals surface area contributed by atoms with Gasteiger partial charge < -0.3 is 10.3 Å². The van der Waals surface area contributed by atoms with Crippen LogP contribution in [-0.4, -0.2) is 4.57 Å². The van der Waals surface area contributed by atoms with Gasteiger partial charge in [-0.25, -0.2) is 4.39 Å². The SMILES string of the molecule is NC1CCc2cc3cc(F)ccc3n21. The van der Waals surface area contributed by atoms with Crippen molar-refractivity contribution in [3.05, 3.63) is 35.8 Å². The summed E-state index contributed by atoms with van der Waals surface area (Å²) in [5.74, 6) is -0.185. The first-order valence-corrected chi connectivity index (χ1v) is 4.80. The zero-order valence-corrected chi connectivity index (χ0v) is 7.70. The molecule has 72 valence electrons. The lowest BCUT2D eigenvalue weighted by molar-refractivity contribution is 0.566. The van der Waals surface area contributed by atoms with Crippen LogP contribution >= 0.6 is 0 Å². The van der Waals surface area contributed by atoms with Gasteiger partial charge in [0, 0.05) is 16.6 Å². The molecule has 0 amide bonds. The van der Waals surface area contributed by atoms with Crippen molar-refractivity contribution < 1.29 is 4.39 Å². The van der Waals surface area contributed by atoms with E-state index < -0.39 is 0 Å².